The first kappa shape index (κ1) is 13.2. The third-order valence-corrected chi connectivity index (χ3v) is 3.77. The summed E-state index contributed by atoms with van der Waals surface area (Å²) in [5.74, 6) is -0.675. The van der Waals surface area contributed by atoms with Crippen LogP contribution in [-0.2, 0) is 4.79 Å². The van der Waals surface area contributed by atoms with Crippen LogP contribution in [0.5, 0.6) is 0 Å². The molecule has 1 N–H and O–H groups in total. The van der Waals surface area contributed by atoms with Crippen molar-refractivity contribution in [2.24, 2.45) is 0 Å². The van der Waals surface area contributed by atoms with Crippen LogP contribution >= 0.6 is 8.58 Å². The summed E-state index contributed by atoms with van der Waals surface area (Å²) in [6.45, 7) is 0. The normalized spacial score (nSPS) is 11.0. The quantitative estimate of drug-likeness (QED) is 0.558. The van der Waals surface area contributed by atoms with Crippen LogP contribution in [0.1, 0.15) is 32.1 Å². The Morgan fingerprint density at radius 2 is 1.75 bits per heavy atom. The van der Waals surface area contributed by atoms with E-state index in [1.807, 2.05) is 6.07 Å². The van der Waals surface area contributed by atoms with Crippen LogP contribution in [0.25, 0.3) is 0 Å². The van der Waals surface area contributed by atoms with Crippen molar-refractivity contribution in [1.29, 1.82) is 0 Å². The van der Waals surface area contributed by atoms with E-state index in [2.05, 4.69) is 24.3 Å². The van der Waals surface area contributed by atoms with Gasteiger partial charge in [-0.05, 0) is 24.3 Å². The SMILES string of the molecule is O=C(O)CCCCCCPc1ccccc1. The molecule has 3 heteroatoms. The molecule has 0 saturated heterocycles. The summed E-state index contributed by atoms with van der Waals surface area (Å²) < 4.78 is 0. The number of benzene rings is 1. The maximum atomic E-state index is 10.3. The molecule has 0 saturated carbocycles. The Morgan fingerprint density at radius 1 is 1.06 bits per heavy atom. The van der Waals surface area contributed by atoms with Gasteiger partial charge in [0.15, 0.2) is 0 Å². The molecule has 1 unspecified atom stereocenters. The van der Waals surface area contributed by atoms with Crippen LogP contribution in [0.3, 0.4) is 0 Å². The molecule has 1 rings (SSSR count). The number of carbonyl (C=O) groups is 1. The average Bonchev–Trinajstić information content (AvgIpc) is 2.29. The second-order valence-corrected chi connectivity index (χ2v) is 5.28. The molecule has 1 aromatic rings. The molecule has 0 aromatic heterocycles. The minimum Gasteiger partial charge on any atom is -0.481 e. The minimum atomic E-state index is -0.675. The van der Waals surface area contributed by atoms with E-state index in [0.717, 1.165) is 27.8 Å². The van der Waals surface area contributed by atoms with Gasteiger partial charge < -0.3 is 5.11 Å². The summed E-state index contributed by atoms with van der Waals surface area (Å²) in [4.78, 5) is 10.3. The Morgan fingerprint density at radius 3 is 2.44 bits per heavy atom. The van der Waals surface area contributed by atoms with Gasteiger partial charge in [0.2, 0.25) is 0 Å². The van der Waals surface area contributed by atoms with Gasteiger partial charge in [-0.3, -0.25) is 4.79 Å². The van der Waals surface area contributed by atoms with Crippen LogP contribution in [0, 0.1) is 0 Å². The van der Waals surface area contributed by atoms with Crippen LogP contribution in [0.15, 0.2) is 30.3 Å². The van der Waals surface area contributed by atoms with Gasteiger partial charge in [0.05, 0.1) is 0 Å². The van der Waals surface area contributed by atoms with Crippen molar-refractivity contribution in [3.63, 3.8) is 0 Å². The highest BCUT2D eigenvalue weighted by atomic mass is 31.1. The highest BCUT2D eigenvalue weighted by molar-refractivity contribution is 7.47. The number of unbranched alkanes of at least 4 members (excludes halogenated alkanes) is 3. The number of rotatable bonds is 8. The highest BCUT2D eigenvalue weighted by Crippen LogP contribution is 2.14. The average molecular weight is 238 g/mol. The number of carboxylic acid groups (broad SMARTS) is 1. The van der Waals surface area contributed by atoms with E-state index in [1.54, 1.807) is 0 Å². The van der Waals surface area contributed by atoms with Gasteiger partial charge in [-0.25, -0.2) is 0 Å². The molecule has 0 bridgehead atoms. The maximum Gasteiger partial charge on any atom is 0.303 e. The molecule has 0 fully saturated rings. The van der Waals surface area contributed by atoms with Crippen LogP contribution in [-0.4, -0.2) is 17.2 Å². The van der Waals surface area contributed by atoms with E-state index in [4.69, 9.17) is 5.11 Å². The van der Waals surface area contributed by atoms with Gasteiger partial charge in [0.25, 0.3) is 0 Å². The predicted octanol–water partition coefficient (Wildman–Crippen LogP) is 3.03. The summed E-state index contributed by atoms with van der Waals surface area (Å²) in [6, 6.07) is 10.5. The van der Waals surface area contributed by atoms with E-state index in [1.165, 1.54) is 17.9 Å². The molecule has 0 radical (unpaired) electrons. The van der Waals surface area contributed by atoms with E-state index >= 15 is 0 Å². The molecule has 0 aliphatic heterocycles. The fourth-order valence-electron chi connectivity index (χ4n) is 1.54. The van der Waals surface area contributed by atoms with Crippen molar-refractivity contribution in [2.45, 2.75) is 32.1 Å². The van der Waals surface area contributed by atoms with Crippen LogP contribution in [0.4, 0.5) is 0 Å². The van der Waals surface area contributed by atoms with E-state index < -0.39 is 5.97 Å². The zero-order valence-electron chi connectivity index (χ0n) is 9.48. The lowest BCUT2D eigenvalue weighted by molar-refractivity contribution is -0.137. The summed E-state index contributed by atoms with van der Waals surface area (Å²) in [7, 11) is 0.895. The van der Waals surface area contributed by atoms with Gasteiger partial charge in [-0.2, -0.15) is 0 Å². The standard InChI is InChI=1S/C13H19O2P/c14-13(15)10-6-1-2-7-11-16-12-8-4-3-5-9-12/h3-5,8-9,16H,1-2,6-7,10-11H2,(H,14,15). The summed E-state index contributed by atoms with van der Waals surface area (Å²) in [6.07, 6.45) is 5.80. The van der Waals surface area contributed by atoms with Gasteiger partial charge in [-0.1, -0.05) is 51.8 Å². The molecule has 0 amide bonds. The monoisotopic (exact) mass is 238 g/mol. The number of aliphatic carboxylic acids is 1. The Balaban J connectivity index is 1.94. The van der Waals surface area contributed by atoms with E-state index in [0.29, 0.717) is 6.42 Å². The minimum absolute atomic E-state index is 0.320. The molecule has 1 atom stereocenters. The fraction of sp³-hybridized carbons (Fsp3) is 0.462. The zero-order valence-corrected chi connectivity index (χ0v) is 10.5. The lowest BCUT2D eigenvalue weighted by Crippen LogP contribution is -1.95. The Hall–Kier alpha value is -0.880. The molecule has 0 heterocycles. The number of carboxylic acids is 1. The molecule has 88 valence electrons. The van der Waals surface area contributed by atoms with Gasteiger partial charge in [0.1, 0.15) is 0 Å². The zero-order chi connectivity index (χ0) is 11.6. The topological polar surface area (TPSA) is 37.3 Å². The molecular weight excluding hydrogens is 219 g/mol. The fourth-order valence-corrected chi connectivity index (χ4v) is 2.69. The largest absolute Gasteiger partial charge is 0.481 e. The van der Waals surface area contributed by atoms with Crippen molar-refractivity contribution in [1.82, 2.24) is 0 Å². The van der Waals surface area contributed by atoms with Crippen molar-refractivity contribution < 1.29 is 9.90 Å². The first-order valence-electron chi connectivity index (χ1n) is 5.80. The predicted molar refractivity (Wildman–Crippen MR) is 70.0 cm³/mol. The van der Waals surface area contributed by atoms with Crippen LogP contribution < -0.4 is 5.30 Å². The van der Waals surface area contributed by atoms with Gasteiger partial charge in [0, 0.05) is 6.42 Å². The van der Waals surface area contributed by atoms with Crippen molar-refractivity contribution in [2.75, 3.05) is 6.16 Å². The lowest BCUT2D eigenvalue weighted by atomic mass is 10.2. The maximum absolute atomic E-state index is 10.3. The van der Waals surface area contributed by atoms with Crippen LogP contribution in [0.2, 0.25) is 0 Å². The Kier molecular flexibility index (Phi) is 6.83. The second kappa shape index (κ2) is 8.29. The summed E-state index contributed by atoms with van der Waals surface area (Å²) in [5, 5.41) is 9.89. The smallest absolute Gasteiger partial charge is 0.303 e. The van der Waals surface area contributed by atoms with Gasteiger partial charge in [-0.15, -0.1) is 0 Å². The molecule has 2 nitrogen and oxygen atoms in total. The Bertz CT molecular complexity index is 298. The van der Waals surface area contributed by atoms with E-state index in [-0.39, 0.29) is 0 Å². The van der Waals surface area contributed by atoms with Crippen molar-refractivity contribution >= 4 is 19.9 Å². The molecule has 16 heavy (non-hydrogen) atoms. The third-order valence-electron chi connectivity index (χ3n) is 2.42. The third kappa shape index (κ3) is 6.58. The molecule has 1 aromatic carbocycles. The van der Waals surface area contributed by atoms with Gasteiger partial charge >= 0.3 is 5.97 Å². The molecule has 0 aliphatic carbocycles. The number of hydrogen-bond acceptors (Lipinski definition) is 1. The lowest BCUT2D eigenvalue weighted by Gasteiger charge is -2.01. The van der Waals surface area contributed by atoms with E-state index in [9.17, 15) is 4.79 Å². The molecule has 0 aliphatic rings. The summed E-state index contributed by atoms with van der Waals surface area (Å²) in [5.41, 5.74) is 0. The number of hydrogen-bond donors (Lipinski definition) is 1. The second-order valence-electron chi connectivity index (χ2n) is 3.85. The molecular formula is C13H19O2P. The summed E-state index contributed by atoms with van der Waals surface area (Å²) >= 11 is 0. The molecule has 0 spiro atoms. The van der Waals surface area contributed by atoms with Crippen molar-refractivity contribution in [3.8, 4) is 0 Å². The first-order valence-corrected chi connectivity index (χ1v) is 7.00. The highest BCUT2D eigenvalue weighted by Gasteiger charge is 1.96. The van der Waals surface area contributed by atoms with Crippen molar-refractivity contribution in [3.05, 3.63) is 30.3 Å². The first-order chi connectivity index (χ1) is 7.79. The Labute approximate surface area is 98.9 Å².